The zero-order valence-corrected chi connectivity index (χ0v) is 10.6. The number of hydrogen-bond donors (Lipinski definition) is 0. The van der Waals surface area contributed by atoms with Crippen molar-refractivity contribution in [2.75, 3.05) is 18.0 Å². The summed E-state index contributed by atoms with van der Waals surface area (Å²) < 4.78 is 1.88. The number of piperidine rings is 1. The van der Waals surface area contributed by atoms with Crippen molar-refractivity contribution in [3.63, 3.8) is 0 Å². The maximum atomic E-state index is 6.23. The average Bonchev–Trinajstić information content (AvgIpc) is 2.68. The van der Waals surface area contributed by atoms with E-state index in [0.29, 0.717) is 0 Å². The third-order valence-corrected chi connectivity index (χ3v) is 3.51. The predicted molar refractivity (Wildman–Crippen MR) is 68.8 cm³/mol. The molecule has 0 bridgehead atoms. The minimum Gasteiger partial charge on any atom is -0.353 e. The highest BCUT2D eigenvalue weighted by Crippen LogP contribution is 2.24. The molecule has 1 atom stereocenters. The van der Waals surface area contributed by atoms with Gasteiger partial charge in [0.25, 0.3) is 0 Å². The van der Waals surface area contributed by atoms with Crippen LogP contribution in [0.1, 0.15) is 18.5 Å². The molecule has 1 saturated heterocycles. The molecule has 4 nitrogen and oxygen atoms in total. The van der Waals surface area contributed by atoms with Gasteiger partial charge < -0.3 is 4.90 Å². The topological polar surface area (TPSA) is 33.4 Å². The summed E-state index contributed by atoms with van der Waals surface area (Å²) in [5.41, 5.74) is 2.08. The van der Waals surface area contributed by atoms with Gasteiger partial charge in [0.15, 0.2) is 5.82 Å². The van der Waals surface area contributed by atoms with Crippen LogP contribution in [0.15, 0.2) is 18.5 Å². The van der Waals surface area contributed by atoms with Gasteiger partial charge >= 0.3 is 0 Å². The molecule has 0 aromatic carbocycles. The predicted octanol–water partition coefficient (Wildman–Crippen LogP) is 2.25. The maximum Gasteiger partial charge on any atom is 0.154 e. The molecule has 90 valence electrons. The second-order valence-corrected chi connectivity index (χ2v) is 5.17. The van der Waals surface area contributed by atoms with Gasteiger partial charge in [-0.15, -0.1) is 11.6 Å². The van der Waals surface area contributed by atoms with Gasteiger partial charge in [0.1, 0.15) is 5.52 Å². The number of nitrogens with zero attached hydrogens (tertiary/aromatic N) is 4. The second kappa shape index (κ2) is 4.18. The Hall–Kier alpha value is -1.29. The Labute approximate surface area is 105 Å². The first-order valence-electron chi connectivity index (χ1n) is 5.94. The van der Waals surface area contributed by atoms with E-state index in [1.165, 1.54) is 0 Å². The van der Waals surface area contributed by atoms with Crippen molar-refractivity contribution >= 4 is 22.9 Å². The van der Waals surface area contributed by atoms with Crippen LogP contribution in [-0.2, 0) is 0 Å². The summed E-state index contributed by atoms with van der Waals surface area (Å²) in [4.78, 5) is 6.75. The fraction of sp³-hybridized carbons (Fsp3) is 0.500. The number of halogens is 1. The summed E-state index contributed by atoms with van der Waals surface area (Å²) in [6.07, 6.45) is 5.91. The highest BCUT2D eigenvalue weighted by Gasteiger charge is 2.21. The molecule has 1 unspecified atom stereocenters. The van der Waals surface area contributed by atoms with Gasteiger partial charge in [-0.1, -0.05) is 0 Å². The van der Waals surface area contributed by atoms with E-state index in [1.807, 2.05) is 17.6 Å². The molecule has 2 aromatic rings. The molecule has 1 aliphatic rings. The molecule has 3 rings (SSSR count). The standard InChI is InChI=1S/C12H15ClN4/c1-9-7-11-12(14-4-6-17(11)15-9)16-5-2-3-10(13)8-16/h4,6-7,10H,2-3,5,8H2,1H3. The SMILES string of the molecule is Cc1cc2c(N3CCCC(Cl)C3)nccn2n1. The zero-order valence-electron chi connectivity index (χ0n) is 9.80. The van der Waals surface area contributed by atoms with Gasteiger partial charge in [-0.25, -0.2) is 9.50 Å². The van der Waals surface area contributed by atoms with E-state index in [-0.39, 0.29) is 5.38 Å². The molecule has 17 heavy (non-hydrogen) atoms. The third kappa shape index (κ3) is 1.97. The molecule has 0 amide bonds. The Balaban J connectivity index is 2.04. The van der Waals surface area contributed by atoms with E-state index in [0.717, 1.165) is 43.0 Å². The molecular formula is C12H15ClN4. The smallest absolute Gasteiger partial charge is 0.154 e. The Morgan fingerprint density at radius 2 is 2.35 bits per heavy atom. The first kappa shape index (κ1) is 10.8. The fourth-order valence-electron chi connectivity index (χ4n) is 2.39. The van der Waals surface area contributed by atoms with E-state index < -0.39 is 0 Å². The van der Waals surface area contributed by atoms with Crippen LogP contribution in [0.3, 0.4) is 0 Å². The Morgan fingerprint density at radius 3 is 3.18 bits per heavy atom. The molecule has 0 aliphatic carbocycles. The highest BCUT2D eigenvalue weighted by molar-refractivity contribution is 6.21. The normalized spacial score (nSPS) is 21.1. The van der Waals surface area contributed by atoms with Crippen LogP contribution >= 0.6 is 11.6 Å². The van der Waals surface area contributed by atoms with Crippen LogP contribution in [0.4, 0.5) is 5.82 Å². The van der Waals surface area contributed by atoms with Crippen molar-refractivity contribution in [1.82, 2.24) is 14.6 Å². The molecule has 2 aromatic heterocycles. The van der Waals surface area contributed by atoms with Gasteiger partial charge in [0.05, 0.1) is 11.1 Å². The second-order valence-electron chi connectivity index (χ2n) is 4.55. The Morgan fingerprint density at radius 1 is 1.47 bits per heavy atom. The van der Waals surface area contributed by atoms with E-state index in [4.69, 9.17) is 11.6 Å². The molecule has 0 N–H and O–H groups in total. The fourth-order valence-corrected chi connectivity index (χ4v) is 2.71. The average molecular weight is 251 g/mol. The summed E-state index contributed by atoms with van der Waals surface area (Å²) in [5.74, 6) is 0.999. The minimum absolute atomic E-state index is 0.231. The van der Waals surface area contributed by atoms with Crippen LogP contribution in [-0.4, -0.2) is 33.1 Å². The monoisotopic (exact) mass is 250 g/mol. The van der Waals surface area contributed by atoms with Crippen LogP contribution in [0, 0.1) is 6.92 Å². The summed E-state index contributed by atoms with van der Waals surface area (Å²) >= 11 is 6.23. The summed E-state index contributed by atoms with van der Waals surface area (Å²) in [6, 6.07) is 2.07. The zero-order chi connectivity index (χ0) is 11.8. The van der Waals surface area contributed by atoms with Crippen LogP contribution in [0.25, 0.3) is 5.52 Å². The molecule has 0 saturated carbocycles. The van der Waals surface area contributed by atoms with Gasteiger partial charge in [-0.05, 0) is 25.8 Å². The lowest BCUT2D eigenvalue weighted by atomic mass is 10.1. The van der Waals surface area contributed by atoms with E-state index in [9.17, 15) is 0 Å². The number of hydrogen-bond acceptors (Lipinski definition) is 3. The molecule has 0 spiro atoms. The van der Waals surface area contributed by atoms with Crippen LogP contribution in [0.2, 0.25) is 0 Å². The molecule has 5 heteroatoms. The summed E-state index contributed by atoms with van der Waals surface area (Å²) in [6.45, 7) is 3.90. The molecular weight excluding hydrogens is 236 g/mol. The van der Waals surface area contributed by atoms with Gasteiger partial charge in [-0.2, -0.15) is 5.10 Å². The number of alkyl halides is 1. The minimum atomic E-state index is 0.231. The Kier molecular flexibility index (Phi) is 2.67. The number of fused-ring (bicyclic) bond motifs is 1. The maximum absolute atomic E-state index is 6.23. The molecule has 1 aliphatic heterocycles. The van der Waals surface area contributed by atoms with Crippen molar-refractivity contribution < 1.29 is 0 Å². The largest absolute Gasteiger partial charge is 0.353 e. The number of aromatic nitrogens is 3. The first-order valence-corrected chi connectivity index (χ1v) is 6.38. The van der Waals surface area contributed by atoms with Crippen LogP contribution < -0.4 is 4.90 Å². The highest BCUT2D eigenvalue weighted by atomic mass is 35.5. The lowest BCUT2D eigenvalue weighted by molar-refractivity contribution is 0.580. The van der Waals surface area contributed by atoms with E-state index in [1.54, 1.807) is 6.20 Å². The van der Waals surface area contributed by atoms with Crippen LogP contribution in [0.5, 0.6) is 0 Å². The van der Waals surface area contributed by atoms with E-state index >= 15 is 0 Å². The third-order valence-electron chi connectivity index (χ3n) is 3.16. The van der Waals surface area contributed by atoms with Gasteiger partial charge in [-0.3, -0.25) is 0 Å². The lowest BCUT2D eigenvalue weighted by Crippen LogP contribution is -2.36. The Bertz CT molecular complexity index is 536. The number of aryl methyl sites for hydroxylation is 1. The molecule has 0 radical (unpaired) electrons. The number of anilines is 1. The van der Waals surface area contributed by atoms with Crippen molar-refractivity contribution in [3.8, 4) is 0 Å². The van der Waals surface area contributed by atoms with E-state index in [2.05, 4.69) is 21.0 Å². The van der Waals surface area contributed by atoms with Gasteiger partial charge in [0, 0.05) is 25.5 Å². The van der Waals surface area contributed by atoms with Crippen molar-refractivity contribution in [3.05, 3.63) is 24.2 Å². The quantitative estimate of drug-likeness (QED) is 0.728. The summed E-state index contributed by atoms with van der Waals surface area (Å²) in [7, 11) is 0. The van der Waals surface area contributed by atoms with Gasteiger partial charge in [0.2, 0.25) is 0 Å². The first-order chi connectivity index (χ1) is 8.24. The van der Waals surface area contributed by atoms with Crippen molar-refractivity contribution in [2.24, 2.45) is 0 Å². The molecule has 1 fully saturated rings. The number of rotatable bonds is 1. The molecule has 3 heterocycles. The lowest BCUT2D eigenvalue weighted by Gasteiger charge is -2.30. The van der Waals surface area contributed by atoms with Crippen molar-refractivity contribution in [1.29, 1.82) is 0 Å². The van der Waals surface area contributed by atoms with Crippen molar-refractivity contribution in [2.45, 2.75) is 25.1 Å². The summed E-state index contributed by atoms with van der Waals surface area (Å²) in [5, 5.41) is 4.64.